The highest BCUT2D eigenvalue weighted by atomic mass is 32.1. The number of carbonyl (C=O) groups is 1. The van der Waals surface area contributed by atoms with Gasteiger partial charge in [0, 0.05) is 13.1 Å². The number of nitrogens with zero attached hydrogens (tertiary/aromatic N) is 4. The summed E-state index contributed by atoms with van der Waals surface area (Å²) in [5.41, 5.74) is 0. The van der Waals surface area contributed by atoms with Crippen LogP contribution in [0.15, 0.2) is 24.9 Å². The van der Waals surface area contributed by atoms with Crippen LogP contribution in [0.3, 0.4) is 0 Å². The minimum Gasteiger partial charge on any atom is -0.442 e. The number of likely N-dealkylation sites (N-methyl/N-ethyl adjacent to an activating group) is 1. The van der Waals surface area contributed by atoms with Gasteiger partial charge in [0.05, 0.1) is 24.7 Å². The zero-order valence-electron chi connectivity index (χ0n) is 12.3. The molecule has 0 aliphatic rings. The van der Waals surface area contributed by atoms with E-state index in [2.05, 4.69) is 20.3 Å². The molecule has 2 aromatic rings. The Morgan fingerprint density at radius 2 is 2.18 bits per heavy atom. The molecule has 0 radical (unpaired) electrons. The number of urea groups is 1. The molecule has 22 heavy (non-hydrogen) atoms. The van der Waals surface area contributed by atoms with Crippen molar-refractivity contribution in [2.24, 2.45) is 0 Å². The highest BCUT2D eigenvalue weighted by molar-refractivity contribution is 7.17. The van der Waals surface area contributed by atoms with Crippen molar-refractivity contribution in [2.75, 3.05) is 18.4 Å². The largest absolute Gasteiger partial charge is 0.442 e. The number of nitrogens with one attached hydrogen (secondary N) is 1. The van der Waals surface area contributed by atoms with Gasteiger partial charge in [-0.05, 0) is 13.8 Å². The van der Waals surface area contributed by atoms with E-state index in [9.17, 15) is 9.90 Å². The van der Waals surface area contributed by atoms with E-state index in [0.717, 1.165) is 0 Å². The van der Waals surface area contributed by atoms with E-state index in [0.29, 0.717) is 22.5 Å². The first-order valence-electron chi connectivity index (χ1n) is 6.71. The van der Waals surface area contributed by atoms with Gasteiger partial charge in [0.25, 0.3) is 0 Å². The molecule has 2 amide bonds. The number of aromatic nitrogens is 3. The SMILES string of the molecule is CCN(C[C@H](C)O)C(=O)Nc1ncc(Oc2cncnc2)s1. The average Bonchev–Trinajstić information content (AvgIpc) is 2.92. The molecular formula is C13H17N5O3S. The molecule has 0 unspecified atom stereocenters. The maximum Gasteiger partial charge on any atom is 0.323 e. The number of ether oxygens (including phenoxy) is 1. The third kappa shape index (κ3) is 4.64. The van der Waals surface area contributed by atoms with E-state index in [1.54, 1.807) is 6.92 Å². The molecular weight excluding hydrogens is 306 g/mol. The maximum atomic E-state index is 12.1. The van der Waals surface area contributed by atoms with Gasteiger partial charge in [0.2, 0.25) is 5.06 Å². The van der Waals surface area contributed by atoms with Crippen LogP contribution < -0.4 is 10.1 Å². The molecule has 0 aliphatic heterocycles. The van der Waals surface area contributed by atoms with Gasteiger partial charge in [-0.2, -0.15) is 0 Å². The van der Waals surface area contributed by atoms with Gasteiger partial charge < -0.3 is 14.7 Å². The lowest BCUT2D eigenvalue weighted by molar-refractivity contribution is 0.141. The van der Waals surface area contributed by atoms with Gasteiger partial charge in [0.15, 0.2) is 10.9 Å². The van der Waals surface area contributed by atoms with Gasteiger partial charge in [-0.15, -0.1) is 0 Å². The predicted octanol–water partition coefficient (Wildman–Crippen LogP) is 1.96. The molecule has 0 saturated heterocycles. The summed E-state index contributed by atoms with van der Waals surface area (Å²) in [4.78, 5) is 25.3. The third-order valence-corrected chi connectivity index (χ3v) is 3.40. The third-order valence-electron chi connectivity index (χ3n) is 2.61. The van der Waals surface area contributed by atoms with Crippen LogP contribution in [0.1, 0.15) is 13.8 Å². The highest BCUT2D eigenvalue weighted by Crippen LogP contribution is 2.29. The predicted molar refractivity (Wildman–Crippen MR) is 82.2 cm³/mol. The normalized spacial score (nSPS) is 11.8. The quantitative estimate of drug-likeness (QED) is 0.843. The Morgan fingerprint density at radius 3 is 2.82 bits per heavy atom. The minimum absolute atomic E-state index is 0.262. The summed E-state index contributed by atoms with van der Waals surface area (Å²) in [6.07, 6.45) is 5.41. The zero-order valence-corrected chi connectivity index (χ0v) is 13.1. The van der Waals surface area contributed by atoms with E-state index >= 15 is 0 Å². The van der Waals surface area contributed by atoms with Crippen molar-refractivity contribution in [2.45, 2.75) is 20.0 Å². The molecule has 0 saturated carbocycles. The second-order valence-electron chi connectivity index (χ2n) is 4.48. The Labute approximate surface area is 131 Å². The number of aliphatic hydroxyl groups is 1. The molecule has 2 aromatic heterocycles. The van der Waals surface area contributed by atoms with Crippen LogP contribution in [0, 0.1) is 0 Å². The standard InChI is InChI=1S/C13H17N5O3S/c1-3-18(7-9(2)19)13(20)17-12-16-6-11(22-12)21-10-4-14-8-15-5-10/h4-6,8-9,19H,3,7H2,1-2H3,(H,16,17,20)/t9-/m0/s1. The fourth-order valence-electron chi connectivity index (χ4n) is 1.66. The number of anilines is 1. The van der Waals surface area contributed by atoms with Crippen molar-refractivity contribution in [1.82, 2.24) is 19.9 Å². The fraction of sp³-hybridized carbons (Fsp3) is 0.385. The average molecular weight is 323 g/mol. The molecule has 0 aromatic carbocycles. The van der Waals surface area contributed by atoms with Crippen molar-refractivity contribution in [3.63, 3.8) is 0 Å². The minimum atomic E-state index is -0.584. The zero-order chi connectivity index (χ0) is 15.9. The molecule has 9 heteroatoms. The topological polar surface area (TPSA) is 100 Å². The molecule has 0 fully saturated rings. The number of hydrogen-bond donors (Lipinski definition) is 2. The monoisotopic (exact) mass is 323 g/mol. The molecule has 8 nitrogen and oxygen atoms in total. The van der Waals surface area contributed by atoms with E-state index in [1.165, 1.54) is 41.2 Å². The summed E-state index contributed by atoms with van der Waals surface area (Å²) in [6.45, 7) is 4.23. The Kier molecular flexibility index (Phi) is 5.61. The van der Waals surface area contributed by atoms with Crippen LogP contribution in [0.25, 0.3) is 0 Å². The smallest absolute Gasteiger partial charge is 0.323 e. The molecule has 1 atom stereocenters. The van der Waals surface area contributed by atoms with Crippen molar-refractivity contribution in [1.29, 1.82) is 0 Å². The van der Waals surface area contributed by atoms with Crippen molar-refractivity contribution >= 4 is 22.5 Å². The van der Waals surface area contributed by atoms with Crippen LogP contribution in [0.4, 0.5) is 9.93 Å². The Hall–Kier alpha value is -2.26. The summed E-state index contributed by atoms with van der Waals surface area (Å²) in [5.74, 6) is 0.494. The van der Waals surface area contributed by atoms with E-state index < -0.39 is 6.10 Å². The lowest BCUT2D eigenvalue weighted by Gasteiger charge is -2.21. The van der Waals surface area contributed by atoms with E-state index in [1.807, 2.05) is 6.92 Å². The molecule has 2 N–H and O–H groups in total. The molecule has 118 valence electrons. The lowest BCUT2D eigenvalue weighted by Crippen LogP contribution is -2.39. The first-order chi connectivity index (χ1) is 10.6. The summed E-state index contributed by atoms with van der Waals surface area (Å²) in [5, 5.41) is 13.0. The second kappa shape index (κ2) is 7.66. The van der Waals surface area contributed by atoms with Crippen LogP contribution in [-0.4, -0.2) is 50.2 Å². The number of amides is 2. The van der Waals surface area contributed by atoms with E-state index in [4.69, 9.17) is 4.74 Å². The molecule has 0 spiro atoms. The first-order valence-corrected chi connectivity index (χ1v) is 7.52. The van der Waals surface area contributed by atoms with Crippen LogP contribution in [-0.2, 0) is 0 Å². The Morgan fingerprint density at radius 1 is 1.45 bits per heavy atom. The summed E-state index contributed by atoms with van der Waals surface area (Å²) in [6, 6.07) is -0.313. The summed E-state index contributed by atoms with van der Waals surface area (Å²) < 4.78 is 5.52. The molecule has 0 bridgehead atoms. The van der Waals surface area contributed by atoms with Gasteiger partial charge in [-0.25, -0.2) is 19.7 Å². The summed E-state index contributed by atoms with van der Waals surface area (Å²) >= 11 is 1.19. The highest BCUT2D eigenvalue weighted by Gasteiger charge is 2.15. The second-order valence-corrected chi connectivity index (χ2v) is 5.47. The number of carbonyl (C=O) groups excluding carboxylic acids is 1. The first kappa shape index (κ1) is 16.1. The van der Waals surface area contributed by atoms with Crippen molar-refractivity contribution in [3.05, 3.63) is 24.9 Å². The lowest BCUT2D eigenvalue weighted by atomic mass is 10.4. The molecule has 2 heterocycles. The van der Waals surface area contributed by atoms with Gasteiger partial charge in [0.1, 0.15) is 6.33 Å². The number of aliphatic hydroxyl groups excluding tert-OH is 1. The molecule has 0 aliphatic carbocycles. The van der Waals surface area contributed by atoms with Crippen LogP contribution in [0.2, 0.25) is 0 Å². The number of hydrogen-bond acceptors (Lipinski definition) is 7. The van der Waals surface area contributed by atoms with Crippen LogP contribution >= 0.6 is 11.3 Å². The Balaban J connectivity index is 1.95. The van der Waals surface area contributed by atoms with Crippen molar-refractivity contribution < 1.29 is 14.6 Å². The van der Waals surface area contributed by atoms with Gasteiger partial charge in [-0.1, -0.05) is 11.3 Å². The number of thiazole rings is 1. The number of rotatable bonds is 6. The fourth-order valence-corrected chi connectivity index (χ4v) is 2.34. The molecule has 2 rings (SSSR count). The van der Waals surface area contributed by atoms with E-state index in [-0.39, 0.29) is 12.6 Å². The Bertz CT molecular complexity index is 605. The van der Waals surface area contributed by atoms with Crippen LogP contribution in [0.5, 0.6) is 10.8 Å². The maximum absolute atomic E-state index is 12.1. The van der Waals surface area contributed by atoms with Crippen molar-refractivity contribution in [3.8, 4) is 10.8 Å². The van der Waals surface area contributed by atoms with Gasteiger partial charge in [-0.3, -0.25) is 5.32 Å². The van der Waals surface area contributed by atoms with Gasteiger partial charge >= 0.3 is 6.03 Å². The summed E-state index contributed by atoms with van der Waals surface area (Å²) in [7, 11) is 0.